The largest absolute Gasteiger partial charge is 0.494 e. The van der Waals surface area contributed by atoms with E-state index in [1.807, 2.05) is 50.5 Å². The molecule has 256 valence electrons. The zero-order valence-electron chi connectivity index (χ0n) is 28.5. The first-order valence-corrected chi connectivity index (χ1v) is 17.1. The number of unbranched alkanes of at least 4 members (excludes halogenated alkanes) is 6. The first-order valence-electron chi connectivity index (χ1n) is 17.1. The summed E-state index contributed by atoms with van der Waals surface area (Å²) in [5, 5.41) is 0. The zero-order chi connectivity index (χ0) is 34.5. The van der Waals surface area contributed by atoms with Gasteiger partial charge < -0.3 is 18.9 Å². The van der Waals surface area contributed by atoms with Crippen molar-refractivity contribution in [3.8, 4) is 23.0 Å². The SMILES string of the molecule is CCOc1ccc(C(=O)Oc2ccc(C=NCCCCCCCCCN=Cc3ccc(OC(=O)c4ccc(OCC)cc4)cc3)cc2)cc1. The molecule has 0 unspecified atom stereocenters. The Morgan fingerprint density at radius 2 is 0.796 bits per heavy atom. The number of benzene rings is 4. The Morgan fingerprint density at radius 3 is 1.14 bits per heavy atom. The lowest BCUT2D eigenvalue weighted by atomic mass is 10.1. The lowest BCUT2D eigenvalue weighted by Crippen LogP contribution is -2.08. The van der Waals surface area contributed by atoms with Gasteiger partial charge in [0.2, 0.25) is 0 Å². The number of aliphatic imine (C=N–C) groups is 2. The summed E-state index contributed by atoms with van der Waals surface area (Å²) < 4.78 is 21.8. The monoisotopic (exact) mass is 662 g/mol. The van der Waals surface area contributed by atoms with Crippen molar-refractivity contribution in [3.63, 3.8) is 0 Å². The van der Waals surface area contributed by atoms with E-state index in [9.17, 15) is 9.59 Å². The van der Waals surface area contributed by atoms with E-state index < -0.39 is 11.9 Å². The first-order chi connectivity index (χ1) is 24.0. The Morgan fingerprint density at radius 1 is 0.469 bits per heavy atom. The molecule has 0 heterocycles. The minimum Gasteiger partial charge on any atom is -0.494 e. The van der Waals surface area contributed by atoms with E-state index in [2.05, 4.69) is 9.98 Å². The van der Waals surface area contributed by atoms with E-state index in [-0.39, 0.29) is 0 Å². The molecule has 0 N–H and O–H groups in total. The molecule has 4 aromatic rings. The Bertz CT molecular complexity index is 1490. The van der Waals surface area contributed by atoms with Crippen LogP contribution in [0.25, 0.3) is 0 Å². The van der Waals surface area contributed by atoms with Gasteiger partial charge >= 0.3 is 11.9 Å². The van der Waals surface area contributed by atoms with Crippen molar-refractivity contribution in [2.24, 2.45) is 9.98 Å². The highest BCUT2D eigenvalue weighted by Crippen LogP contribution is 2.18. The van der Waals surface area contributed by atoms with Crippen LogP contribution in [0.3, 0.4) is 0 Å². The molecule has 0 bridgehead atoms. The number of esters is 2. The molecular weight excluding hydrogens is 616 g/mol. The van der Waals surface area contributed by atoms with E-state index in [1.54, 1.807) is 72.8 Å². The van der Waals surface area contributed by atoms with E-state index in [0.717, 1.165) is 48.6 Å². The molecule has 0 spiro atoms. The molecule has 8 nitrogen and oxygen atoms in total. The highest BCUT2D eigenvalue weighted by molar-refractivity contribution is 5.92. The Labute approximate surface area is 289 Å². The number of rotatable bonds is 20. The van der Waals surface area contributed by atoms with Crippen LogP contribution in [-0.2, 0) is 0 Å². The van der Waals surface area contributed by atoms with Crippen LogP contribution in [0.1, 0.15) is 90.6 Å². The number of carbonyl (C=O) groups excluding carboxylic acids is 2. The molecule has 0 aliphatic carbocycles. The van der Waals surface area contributed by atoms with Gasteiger partial charge in [-0.2, -0.15) is 0 Å². The number of hydrogen-bond acceptors (Lipinski definition) is 8. The third-order valence-electron chi connectivity index (χ3n) is 7.54. The van der Waals surface area contributed by atoms with Crippen molar-refractivity contribution < 1.29 is 28.5 Å². The lowest BCUT2D eigenvalue weighted by molar-refractivity contribution is 0.0725. The molecule has 4 aromatic carbocycles. The molecule has 0 aliphatic heterocycles. The van der Waals surface area contributed by atoms with Gasteiger partial charge in [-0.25, -0.2) is 9.59 Å². The van der Waals surface area contributed by atoms with Crippen molar-refractivity contribution in [2.75, 3.05) is 26.3 Å². The van der Waals surface area contributed by atoms with Gasteiger partial charge in [0.05, 0.1) is 24.3 Å². The van der Waals surface area contributed by atoms with Gasteiger partial charge in [0.25, 0.3) is 0 Å². The van der Waals surface area contributed by atoms with Crippen LogP contribution in [-0.4, -0.2) is 50.7 Å². The maximum absolute atomic E-state index is 12.4. The van der Waals surface area contributed by atoms with Gasteiger partial charge in [-0.15, -0.1) is 0 Å². The maximum Gasteiger partial charge on any atom is 0.343 e. The molecule has 0 aliphatic rings. The van der Waals surface area contributed by atoms with Crippen LogP contribution < -0.4 is 18.9 Å². The molecule has 0 fully saturated rings. The third kappa shape index (κ3) is 13.4. The van der Waals surface area contributed by atoms with E-state index in [4.69, 9.17) is 18.9 Å². The standard InChI is InChI=1S/C41H46N2O6/c1-3-46-36-24-16-34(17-25-36)40(44)48-38-20-12-32(13-21-38)30-42-28-10-8-6-5-7-9-11-29-43-31-33-14-22-39(23-15-33)49-41(45)35-18-26-37(27-19-35)47-4-2/h12-27,30-31H,3-11,28-29H2,1-2H3. The van der Waals surface area contributed by atoms with Crippen molar-refractivity contribution in [3.05, 3.63) is 119 Å². The highest BCUT2D eigenvalue weighted by atomic mass is 16.5. The summed E-state index contributed by atoms with van der Waals surface area (Å²) in [6, 6.07) is 28.6. The average molecular weight is 663 g/mol. The van der Waals surface area contributed by atoms with E-state index in [1.165, 1.54) is 32.1 Å². The molecule has 4 rings (SSSR count). The maximum atomic E-state index is 12.4. The molecule has 0 radical (unpaired) electrons. The minimum absolute atomic E-state index is 0.402. The van der Waals surface area contributed by atoms with Crippen LogP contribution in [0, 0.1) is 0 Å². The van der Waals surface area contributed by atoms with Crippen LogP contribution >= 0.6 is 0 Å². The van der Waals surface area contributed by atoms with Crippen molar-refractivity contribution in [2.45, 2.75) is 58.8 Å². The van der Waals surface area contributed by atoms with Gasteiger partial charge in [-0.05, 0) is 135 Å². The summed E-state index contributed by atoms with van der Waals surface area (Å²) in [5.41, 5.74) is 2.90. The van der Waals surface area contributed by atoms with Crippen molar-refractivity contribution in [1.82, 2.24) is 0 Å². The summed E-state index contributed by atoms with van der Waals surface area (Å²) in [6.45, 7) is 6.59. The molecule has 8 heteroatoms. The summed E-state index contributed by atoms with van der Waals surface area (Å²) in [7, 11) is 0. The normalized spacial score (nSPS) is 11.1. The van der Waals surface area contributed by atoms with E-state index >= 15 is 0 Å². The van der Waals surface area contributed by atoms with Gasteiger partial charge in [-0.3, -0.25) is 9.98 Å². The van der Waals surface area contributed by atoms with Crippen LogP contribution in [0.15, 0.2) is 107 Å². The summed E-state index contributed by atoms with van der Waals surface area (Å²) in [5.74, 6) is 1.64. The molecular formula is C41H46N2O6. The van der Waals surface area contributed by atoms with Crippen LogP contribution in [0.4, 0.5) is 0 Å². The molecule has 0 aromatic heterocycles. The predicted molar refractivity (Wildman–Crippen MR) is 195 cm³/mol. The van der Waals surface area contributed by atoms with Crippen LogP contribution in [0.2, 0.25) is 0 Å². The smallest absolute Gasteiger partial charge is 0.343 e. The highest BCUT2D eigenvalue weighted by Gasteiger charge is 2.10. The van der Waals surface area contributed by atoms with Crippen molar-refractivity contribution >= 4 is 24.4 Å². The predicted octanol–water partition coefficient (Wildman–Crippen LogP) is 9.19. The van der Waals surface area contributed by atoms with Gasteiger partial charge in [0.1, 0.15) is 23.0 Å². The first kappa shape index (κ1) is 36.6. The number of hydrogen-bond donors (Lipinski definition) is 0. The fourth-order valence-electron chi connectivity index (χ4n) is 4.91. The van der Waals surface area contributed by atoms with Crippen molar-refractivity contribution in [1.29, 1.82) is 0 Å². The number of ether oxygens (including phenoxy) is 4. The average Bonchev–Trinajstić information content (AvgIpc) is 3.12. The van der Waals surface area contributed by atoms with E-state index in [0.29, 0.717) is 35.8 Å². The van der Waals surface area contributed by atoms with Crippen LogP contribution in [0.5, 0.6) is 23.0 Å². The Hall–Kier alpha value is -5.24. The molecule has 0 saturated carbocycles. The second-order valence-electron chi connectivity index (χ2n) is 11.4. The number of nitrogens with zero attached hydrogens (tertiary/aromatic N) is 2. The van der Waals surface area contributed by atoms with Gasteiger partial charge in [-0.1, -0.05) is 32.1 Å². The number of carbonyl (C=O) groups is 2. The quantitative estimate of drug-likeness (QED) is 0.0405. The summed E-state index contributed by atoms with van der Waals surface area (Å²) in [6.07, 6.45) is 11.9. The second-order valence-corrected chi connectivity index (χ2v) is 11.4. The van der Waals surface area contributed by atoms with Gasteiger partial charge in [0.15, 0.2) is 0 Å². The molecule has 0 atom stereocenters. The Balaban J connectivity index is 1.00. The minimum atomic E-state index is -0.402. The molecule has 0 amide bonds. The second kappa shape index (κ2) is 20.9. The molecule has 49 heavy (non-hydrogen) atoms. The lowest BCUT2D eigenvalue weighted by Gasteiger charge is -2.06. The fraction of sp³-hybridized carbons (Fsp3) is 0.317. The fourth-order valence-corrected chi connectivity index (χ4v) is 4.91. The molecule has 0 saturated heterocycles. The third-order valence-corrected chi connectivity index (χ3v) is 7.54. The van der Waals surface area contributed by atoms with Gasteiger partial charge in [0, 0.05) is 25.5 Å². The summed E-state index contributed by atoms with van der Waals surface area (Å²) in [4.78, 5) is 33.9. The Kier molecular flexibility index (Phi) is 15.6. The topological polar surface area (TPSA) is 95.8 Å². The zero-order valence-corrected chi connectivity index (χ0v) is 28.5. The summed E-state index contributed by atoms with van der Waals surface area (Å²) >= 11 is 0.